The van der Waals surface area contributed by atoms with Crippen molar-refractivity contribution in [2.45, 2.75) is 0 Å². The van der Waals surface area contributed by atoms with E-state index in [1.54, 1.807) is 25.3 Å². The predicted octanol–water partition coefficient (Wildman–Crippen LogP) is 1.06. The van der Waals surface area contributed by atoms with E-state index in [0.29, 0.717) is 23.5 Å². The van der Waals surface area contributed by atoms with Crippen LogP contribution in [0.4, 0.5) is 5.69 Å². The maximum absolute atomic E-state index is 12.0. The second-order valence-electron chi connectivity index (χ2n) is 4.67. The Hall–Kier alpha value is -1.40. The van der Waals surface area contributed by atoms with Crippen LogP contribution in [0.25, 0.3) is 0 Å². The lowest BCUT2D eigenvalue weighted by molar-refractivity contribution is 0.0949. The monoisotopic (exact) mass is 295 g/mol. The topological polar surface area (TPSA) is 67.6 Å². The summed E-state index contributed by atoms with van der Waals surface area (Å²) in [4.78, 5) is 14.4. The minimum absolute atomic E-state index is 0.0919. The highest BCUT2D eigenvalue weighted by atomic mass is 32.2. The Labute approximate surface area is 123 Å². The van der Waals surface area contributed by atoms with Gasteiger partial charge in [0.2, 0.25) is 0 Å². The lowest BCUT2D eigenvalue weighted by Gasteiger charge is -2.26. The molecule has 3 N–H and O–H groups in total. The summed E-state index contributed by atoms with van der Waals surface area (Å²) in [6, 6.07) is 5.08. The van der Waals surface area contributed by atoms with Gasteiger partial charge in [0.1, 0.15) is 5.75 Å². The molecule has 110 valence electrons. The van der Waals surface area contributed by atoms with Gasteiger partial charge in [-0.05, 0) is 18.2 Å². The molecule has 6 heteroatoms. The minimum atomic E-state index is -0.0919. The fourth-order valence-corrected chi connectivity index (χ4v) is 3.11. The number of anilines is 1. The zero-order valence-electron chi connectivity index (χ0n) is 11.7. The molecule has 1 aromatic carbocycles. The minimum Gasteiger partial charge on any atom is -0.495 e. The van der Waals surface area contributed by atoms with Crippen LogP contribution in [0.15, 0.2) is 18.2 Å². The number of carbonyl (C=O) groups is 1. The fourth-order valence-electron chi connectivity index (χ4n) is 2.13. The molecular weight excluding hydrogens is 274 g/mol. The van der Waals surface area contributed by atoms with E-state index >= 15 is 0 Å². The van der Waals surface area contributed by atoms with Crippen LogP contribution in [0.3, 0.4) is 0 Å². The first-order chi connectivity index (χ1) is 9.70. The number of carbonyl (C=O) groups excluding carboxylic acids is 1. The van der Waals surface area contributed by atoms with Crippen molar-refractivity contribution < 1.29 is 9.53 Å². The molecule has 1 saturated heterocycles. The second-order valence-corrected chi connectivity index (χ2v) is 5.89. The lowest BCUT2D eigenvalue weighted by Crippen LogP contribution is -2.39. The van der Waals surface area contributed by atoms with Crippen molar-refractivity contribution in [1.82, 2.24) is 10.2 Å². The van der Waals surface area contributed by atoms with E-state index in [-0.39, 0.29) is 5.91 Å². The van der Waals surface area contributed by atoms with Gasteiger partial charge in [0, 0.05) is 43.2 Å². The first-order valence-corrected chi connectivity index (χ1v) is 7.88. The Morgan fingerprint density at radius 3 is 2.85 bits per heavy atom. The number of nitrogens with zero attached hydrogens (tertiary/aromatic N) is 1. The Bertz CT molecular complexity index is 462. The average molecular weight is 295 g/mol. The normalized spacial score (nSPS) is 15.8. The lowest BCUT2D eigenvalue weighted by atomic mass is 10.2. The predicted molar refractivity (Wildman–Crippen MR) is 83.5 cm³/mol. The summed E-state index contributed by atoms with van der Waals surface area (Å²) in [6.07, 6.45) is 0. The van der Waals surface area contributed by atoms with Crippen molar-refractivity contribution in [3.05, 3.63) is 23.8 Å². The number of ether oxygens (including phenoxy) is 1. The number of methoxy groups -OCH3 is 1. The summed E-state index contributed by atoms with van der Waals surface area (Å²) in [5.41, 5.74) is 6.85. The third-order valence-electron chi connectivity index (χ3n) is 3.31. The van der Waals surface area contributed by atoms with Gasteiger partial charge in [0.25, 0.3) is 5.91 Å². The smallest absolute Gasteiger partial charge is 0.251 e. The van der Waals surface area contributed by atoms with Gasteiger partial charge in [-0.1, -0.05) is 0 Å². The summed E-state index contributed by atoms with van der Waals surface area (Å²) in [7, 11) is 1.56. The SMILES string of the molecule is COc1ccc(C(=O)NCCN2CCSCC2)cc1N. The molecule has 1 aliphatic heterocycles. The highest BCUT2D eigenvalue weighted by Crippen LogP contribution is 2.21. The van der Waals surface area contributed by atoms with Gasteiger partial charge in [0.15, 0.2) is 0 Å². The van der Waals surface area contributed by atoms with Gasteiger partial charge in [-0.2, -0.15) is 11.8 Å². The summed E-state index contributed by atoms with van der Waals surface area (Å²) in [6.45, 7) is 3.78. The van der Waals surface area contributed by atoms with E-state index in [4.69, 9.17) is 10.5 Å². The molecule has 2 rings (SSSR count). The van der Waals surface area contributed by atoms with Crippen molar-refractivity contribution in [3.63, 3.8) is 0 Å². The van der Waals surface area contributed by atoms with Crippen LogP contribution in [0.5, 0.6) is 5.75 Å². The number of nitrogens with one attached hydrogen (secondary N) is 1. The van der Waals surface area contributed by atoms with Crippen LogP contribution < -0.4 is 15.8 Å². The number of nitrogens with two attached hydrogens (primary N) is 1. The Morgan fingerprint density at radius 1 is 1.45 bits per heavy atom. The van der Waals surface area contributed by atoms with E-state index < -0.39 is 0 Å². The van der Waals surface area contributed by atoms with Gasteiger partial charge >= 0.3 is 0 Å². The van der Waals surface area contributed by atoms with E-state index in [0.717, 1.165) is 19.6 Å². The summed E-state index contributed by atoms with van der Waals surface area (Å²) < 4.78 is 5.07. The van der Waals surface area contributed by atoms with Crippen LogP contribution in [-0.2, 0) is 0 Å². The van der Waals surface area contributed by atoms with Gasteiger partial charge < -0.3 is 15.8 Å². The Kier molecular flexibility index (Phi) is 5.55. The molecule has 0 unspecified atom stereocenters. The van der Waals surface area contributed by atoms with E-state index in [1.165, 1.54) is 11.5 Å². The van der Waals surface area contributed by atoms with Crippen LogP contribution in [-0.4, -0.2) is 55.6 Å². The van der Waals surface area contributed by atoms with Crippen LogP contribution in [0, 0.1) is 0 Å². The molecule has 0 spiro atoms. The molecule has 20 heavy (non-hydrogen) atoms. The van der Waals surface area contributed by atoms with Gasteiger partial charge in [-0.15, -0.1) is 0 Å². The van der Waals surface area contributed by atoms with Crippen molar-refractivity contribution >= 4 is 23.4 Å². The summed E-state index contributed by atoms with van der Waals surface area (Å²) in [5, 5.41) is 2.93. The quantitative estimate of drug-likeness (QED) is 0.795. The van der Waals surface area contributed by atoms with Crippen molar-refractivity contribution in [3.8, 4) is 5.75 Å². The van der Waals surface area contributed by atoms with Crippen molar-refractivity contribution in [2.75, 3.05) is 50.5 Å². The maximum atomic E-state index is 12.0. The molecule has 1 amide bonds. The van der Waals surface area contributed by atoms with E-state index in [9.17, 15) is 4.79 Å². The molecule has 0 saturated carbocycles. The molecule has 1 fully saturated rings. The third-order valence-corrected chi connectivity index (χ3v) is 4.25. The number of hydrogen-bond acceptors (Lipinski definition) is 5. The number of benzene rings is 1. The van der Waals surface area contributed by atoms with Crippen LogP contribution in [0.2, 0.25) is 0 Å². The number of rotatable bonds is 5. The zero-order chi connectivity index (χ0) is 14.4. The number of nitrogen functional groups attached to an aromatic ring is 1. The molecule has 1 aliphatic rings. The molecule has 5 nitrogen and oxygen atoms in total. The number of hydrogen-bond donors (Lipinski definition) is 2. The highest BCUT2D eigenvalue weighted by Gasteiger charge is 2.11. The first kappa shape index (κ1) is 15.0. The largest absolute Gasteiger partial charge is 0.495 e. The molecule has 1 aromatic rings. The average Bonchev–Trinajstić information content (AvgIpc) is 2.48. The van der Waals surface area contributed by atoms with Crippen LogP contribution >= 0.6 is 11.8 Å². The van der Waals surface area contributed by atoms with Crippen LogP contribution in [0.1, 0.15) is 10.4 Å². The first-order valence-electron chi connectivity index (χ1n) is 6.72. The second kappa shape index (κ2) is 7.40. The third kappa shape index (κ3) is 4.05. The van der Waals surface area contributed by atoms with Crippen molar-refractivity contribution in [1.29, 1.82) is 0 Å². The number of thioether (sulfide) groups is 1. The number of amides is 1. The Balaban J connectivity index is 1.80. The molecule has 0 aromatic heterocycles. The molecule has 0 atom stereocenters. The highest BCUT2D eigenvalue weighted by molar-refractivity contribution is 7.99. The summed E-state index contributed by atoms with van der Waals surface area (Å²) in [5.74, 6) is 2.87. The molecular formula is C14H21N3O2S. The van der Waals surface area contributed by atoms with E-state index in [2.05, 4.69) is 10.2 Å². The van der Waals surface area contributed by atoms with E-state index in [1.807, 2.05) is 11.8 Å². The summed E-state index contributed by atoms with van der Waals surface area (Å²) >= 11 is 1.99. The molecule has 0 bridgehead atoms. The van der Waals surface area contributed by atoms with Gasteiger partial charge in [-0.25, -0.2) is 0 Å². The maximum Gasteiger partial charge on any atom is 0.251 e. The fraction of sp³-hybridized carbons (Fsp3) is 0.500. The molecule has 1 heterocycles. The Morgan fingerprint density at radius 2 is 2.20 bits per heavy atom. The van der Waals surface area contributed by atoms with Gasteiger partial charge in [0.05, 0.1) is 12.8 Å². The molecule has 0 radical (unpaired) electrons. The standard InChI is InChI=1S/C14H21N3O2S/c1-19-13-3-2-11(10-12(13)15)14(18)16-4-5-17-6-8-20-9-7-17/h2-3,10H,4-9,15H2,1H3,(H,16,18). The van der Waals surface area contributed by atoms with Gasteiger partial charge in [-0.3, -0.25) is 9.69 Å². The van der Waals surface area contributed by atoms with Crippen molar-refractivity contribution in [2.24, 2.45) is 0 Å². The molecule has 0 aliphatic carbocycles. The zero-order valence-corrected chi connectivity index (χ0v) is 12.5.